The van der Waals surface area contributed by atoms with E-state index in [0.717, 1.165) is 43.2 Å². The first-order valence-electron chi connectivity index (χ1n) is 10.5. The standard InChI is InChI=1S/C22H23N3O5/c1-12-10-22(12,19-23-20(28)30-24-19)25-16-3-2-13(8-15(16)9-17(25)18(26)27)14-4-7-29-21(11-14)5-6-21/h2-3,8-9,12,14H,4-7,10-11H2,1H3,(H,26,27)(H,23,24,28)/t12-,14?,22-/m0/s1. The number of carboxylic acid groups (broad SMARTS) is 1. The highest BCUT2D eigenvalue weighted by atomic mass is 16.5. The van der Waals surface area contributed by atoms with Gasteiger partial charge in [0.05, 0.1) is 5.60 Å². The number of aromatic carboxylic acids is 1. The summed E-state index contributed by atoms with van der Waals surface area (Å²) in [7, 11) is 0. The number of hydrogen-bond acceptors (Lipinski definition) is 5. The Morgan fingerprint density at radius 3 is 2.73 bits per heavy atom. The molecule has 3 aliphatic rings. The Morgan fingerprint density at radius 2 is 2.10 bits per heavy atom. The zero-order valence-corrected chi connectivity index (χ0v) is 16.7. The van der Waals surface area contributed by atoms with Crippen molar-refractivity contribution in [2.24, 2.45) is 5.92 Å². The van der Waals surface area contributed by atoms with Gasteiger partial charge in [0.15, 0.2) is 5.82 Å². The Bertz CT molecular complexity index is 1230. The van der Waals surface area contributed by atoms with E-state index in [1.165, 1.54) is 5.56 Å². The lowest BCUT2D eigenvalue weighted by Gasteiger charge is -2.30. The number of aromatic amines is 1. The minimum atomic E-state index is -1.000. The van der Waals surface area contributed by atoms with Gasteiger partial charge in [-0.1, -0.05) is 18.1 Å². The van der Waals surface area contributed by atoms with Gasteiger partial charge in [0, 0.05) is 17.5 Å². The molecule has 8 heteroatoms. The molecule has 3 heterocycles. The fraction of sp³-hybridized carbons (Fsp3) is 0.500. The summed E-state index contributed by atoms with van der Waals surface area (Å²) in [5.41, 5.74) is 1.64. The highest BCUT2D eigenvalue weighted by Gasteiger charge is 2.59. The van der Waals surface area contributed by atoms with Crippen molar-refractivity contribution >= 4 is 16.9 Å². The van der Waals surface area contributed by atoms with E-state index in [0.29, 0.717) is 18.2 Å². The van der Waals surface area contributed by atoms with Gasteiger partial charge >= 0.3 is 11.7 Å². The van der Waals surface area contributed by atoms with Gasteiger partial charge in [0.1, 0.15) is 11.2 Å². The second-order valence-corrected chi connectivity index (χ2v) is 9.18. The molecule has 1 unspecified atom stereocenters. The first kappa shape index (κ1) is 17.9. The maximum atomic E-state index is 12.1. The highest BCUT2D eigenvalue weighted by Crippen LogP contribution is 2.56. The summed E-state index contributed by atoms with van der Waals surface area (Å²) in [5.74, 6) is -0.698. The van der Waals surface area contributed by atoms with E-state index < -0.39 is 17.3 Å². The summed E-state index contributed by atoms with van der Waals surface area (Å²) in [6.45, 7) is 2.81. The van der Waals surface area contributed by atoms with Crippen molar-refractivity contribution in [2.75, 3.05) is 6.61 Å². The number of fused-ring (bicyclic) bond motifs is 1. The third-order valence-electron chi connectivity index (χ3n) is 7.34. The zero-order valence-electron chi connectivity index (χ0n) is 16.7. The molecule has 0 radical (unpaired) electrons. The number of rotatable bonds is 4. The van der Waals surface area contributed by atoms with E-state index in [1.54, 1.807) is 6.07 Å². The molecule has 8 nitrogen and oxygen atoms in total. The number of nitrogens with zero attached hydrogens (tertiary/aromatic N) is 2. The molecule has 3 aromatic rings. The van der Waals surface area contributed by atoms with Gasteiger partial charge in [0.25, 0.3) is 0 Å². The van der Waals surface area contributed by atoms with Crippen LogP contribution in [0.1, 0.15) is 66.8 Å². The molecule has 0 bridgehead atoms. The topological polar surface area (TPSA) is 110 Å². The van der Waals surface area contributed by atoms with E-state index >= 15 is 0 Å². The predicted molar refractivity (Wildman–Crippen MR) is 107 cm³/mol. The van der Waals surface area contributed by atoms with Crippen LogP contribution in [-0.2, 0) is 10.3 Å². The molecule has 6 rings (SSSR count). The summed E-state index contributed by atoms with van der Waals surface area (Å²) in [5, 5.41) is 14.7. The molecule has 2 aliphatic carbocycles. The molecule has 30 heavy (non-hydrogen) atoms. The summed E-state index contributed by atoms with van der Waals surface area (Å²) in [6, 6.07) is 7.98. The molecule has 156 valence electrons. The van der Waals surface area contributed by atoms with E-state index in [9.17, 15) is 14.7 Å². The number of benzene rings is 1. The minimum absolute atomic E-state index is 0.0857. The molecule has 3 fully saturated rings. The molecule has 0 amide bonds. The fourth-order valence-electron chi connectivity index (χ4n) is 5.45. The van der Waals surface area contributed by atoms with E-state index in [-0.39, 0.29) is 17.2 Å². The smallest absolute Gasteiger partial charge is 0.438 e. The Hall–Kier alpha value is -2.87. The van der Waals surface area contributed by atoms with Gasteiger partial charge in [-0.05, 0) is 67.7 Å². The third-order valence-corrected chi connectivity index (χ3v) is 7.34. The predicted octanol–water partition coefficient (Wildman–Crippen LogP) is 3.23. The Labute approximate surface area is 171 Å². The van der Waals surface area contributed by atoms with E-state index in [4.69, 9.17) is 9.26 Å². The van der Waals surface area contributed by atoms with Crippen LogP contribution in [0.2, 0.25) is 0 Å². The quantitative estimate of drug-likeness (QED) is 0.685. The first-order chi connectivity index (χ1) is 14.4. The summed E-state index contributed by atoms with van der Waals surface area (Å²) >= 11 is 0. The molecule has 1 aromatic carbocycles. The minimum Gasteiger partial charge on any atom is -0.477 e. The van der Waals surface area contributed by atoms with Crippen LogP contribution in [0.15, 0.2) is 33.6 Å². The molecule has 1 saturated heterocycles. The fourth-order valence-corrected chi connectivity index (χ4v) is 5.45. The van der Waals surface area contributed by atoms with E-state index in [2.05, 4.69) is 22.3 Å². The number of ether oxygens (including phenoxy) is 1. The molecule has 1 aliphatic heterocycles. The number of carbonyl (C=O) groups is 1. The SMILES string of the molecule is C[C@H]1C[C@]1(c1noc(=O)[nH]1)n1c(C(=O)O)cc2cc(C3CCOC4(CC4)C3)ccc21. The van der Waals surface area contributed by atoms with Gasteiger partial charge < -0.3 is 14.4 Å². The maximum absolute atomic E-state index is 12.1. The highest BCUT2D eigenvalue weighted by molar-refractivity contribution is 5.95. The van der Waals surface area contributed by atoms with Gasteiger partial charge in [0.2, 0.25) is 0 Å². The average molecular weight is 409 g/mol. The molecular weight excluding hydrogens is 386 g/mol. The van der Waals surface area contributed by atoms with Crippen molar-refractivity contribution in [3.8, 4) is 0 Å². The Kier molecular flexibility index (Phi) is 3.50. The molecular formula is C22H23N3O5. The van der Waals surface area contributed by atoms with Crippen molar-refractivity contribution in [3.05, 3.63) is 51.9 Å². The molecule has 1 spiro atoms. The normalized spacial score (nSPS) is 29.4. The lowest BCUT2D eigenvalue weighted by atomic mass is 9.87. The maximum Gasteiger partial charge on any atom is 0.438 e. The summed E-state index contributed by atoms with van der Waals surface area (Å²) < 4.78 is 12.5. The molecule has 3 atom stereocenters. The second-order valence-electron chi connectivity index (χ2n) is 9.18. The lowest BCUT2D eigenvalue weighted by Crippen LogP contribution is -2.27. The first-order valence-corrected chi connectivity index (χ1v) is 10.5. The van der Waals surface area contributed by atoms with Crippen LogP contribution < -0.4 is 5.76 Å². The summed E-state index contributed by atoms with van der Waals surface area (Å²) in [6.07, 6.45) is 4.99. The van der Waals surface area contributed by atoms with Crippen LogP contribution in [0.3, 0.4) is 0 Å². The van der Waals surface area contributed by atoms with Crippen LogP contribution in [0.4, 0.5) is 0 Å². The van der Waals surface area contributed by atoms with Crippen LogP contribution in [0.25, 0.3) is 10.9 Å². The zero-order chi connectivity index (χ0) is 20.7. The van der Waals surface area contributed by atoms with Gasteiger partial charge in [-0.3, -0.25) is 9.51 Å². The monoisotopic (exact) mass is 409 g/mol. The molecule has 2 saturated carbocycles. The van der Waals surface area contributed by atoms with Crippen molar-refractivity contribution < 1.29 is 19.2 Å². The van der Waals surface area contributed by atoms with Crippen molar-refractivity contribution in [1.29, 1.82) is 0 Å². The van der Waals surface area contributed by atoms with Gasteiger partial charge in [-0.2, -0.15) is 0 Å². The summed E-state index contributed by atoms with van der Waals surface area (Å²) in [4.78, 5) is 26.4. The van der Waals surface area contributed by atoms with E-state index in [1.807, 2.05) is 17.6 Å². The lowest BCUT2D eigenvalue weighted by molar-refractivity contribution is -0.0132. The number of H-pyrrole nitrogens is 1. The third kappa shape index (κ3) is 2.46. The van der Waals surface area contributed by atoms with Gasteiger partial charge in [-0.15, -0.1) is 0 Å². The van der Waals surface area contributed by atoms with Crippen LogP contribution >= 0.6 is 0 Å². The van der Waals surface area contributed by atoms with Gasteiger partial charge in [-0.25, -0.2) is 9.59 Å². The molecule has 2 aromatic heterocycles. The molecule has 2 N–H and O–H groups in total. The number of carboxylic acids is 1. The second kappa shape index (κ2) is 5.85. The van der Waals surface area contributed by atoms with Crippen molar-refractivity contribution in [1.82, 2.24) is 14.7 Å². The average Bonchev–Trinajstić information content (AvgIpc) is 3.49. The number of nitrogens with one attached hydrogen (secondary N) is 1. The Morgan fingerprint density at radius 1 is 1.30 bits per heavy atom. The van der Waals surface area contributed by atoms with Crippen LogP contribution in [0, 0.1) is 5.92 Å². The Balaban J connectivity index is 1.48. The van der Waals surface area contributed by atoms with Crippen molar-refractivity contribution in [3.63, 3.8) is 0 Å². The van der Waals surface area contributed by atoms with Crippen molar-refractivity contribution in [2.45, 2.75) is 56.1 Å². The number of aromatic nitrogens is 3. The largest absolute Gasteiger partial charge is 0.477 e. The van der Waals surface area contributed by atoms with Crippen LogP contribution in [0.5, 0.6) is 0 Å². The number of hydrogen-bond donors (Lipinski definition) is 2. The van der Waals surface area contributed by atoms with Crippen LogP contribution in [-0.4, -0.2) is 38.0 Å².